The summed E-state index contributed by atoms with van der Waals surface area (Å²) in [7, 11) is 1.97. The Bertz CT molecular complexity index is 419. The minimum absolute atomic E-state index is 0.213. The summed E-state index contributed by atoms with van der Waals surface area (Å²) in [5, 5.41) is 5.29. The van der Waals surface area contributed by atoms with Crippen LogP contribution >= 0.6 is 11.6 Å². The molecule has 2 rings (SSSR count). The number of aryl methyl sites for hydroxylation is 2. The molecule has 1 unspecified atom stereocenters. The molecule has 0 aliphatic heterocycles. The molecule has 1 aliphatic rings. The van der Waals surface area contributed by atoms with Crippen LogP contribution in [-0.4, -0.2) is 15.8 Å². The zero-order valence-electron chi connectivity index (χ0n) is 12.3. The number of nitrogens with zero attached hydrogens (tertiary/aromatic N) is 2. The van der Waals surface area contributed by atoms with E-state index in [1.807, 2.05) is 11.7 Å². The molecule has 1 atom stereocenters. The molecule has 1 saturated carbocycles. The molecular formula is C15H26ClN3. The van der Waals surface area contributed by atoms with Gasteiger partial charge in [-0.25, -0.2) is 0 Å². The monoisotopic (exact) mass is 283 g/mol. The number of hydrogen-bond acceptors (Lipinski definition) is 2. The van der Waals surface area contributed by atoms with E-state index in [-0.39, 0.29) is 6.04 Å². The van der Waals surface area contributed by atoms with Gasteiger partial charge in [-0.15, -0.1) is 0 Å². The fourth-order valence-corrected chi connectivity index (χ4v) is 3.52. The third kappa shape index (κ3) is 3.32. The van der Waals surface area contributed by atoms with Crippen LogP contribution in [0.1, 0.15) is 50.9 Å². The minimum Gasteiger partial charge on any atom is -0.327 e. The maximum atomic E-state index is 6.41. The standard InChI is InChI=1S/C15H26ClN3/c1-4-13-15(16)14(19(3)18-13)9-12(17)11-7-5-10(2)6-8-11/h10-12H,4-9,17H2,1-3H3. The molecular weight excluding hydrogens is 258 g/mol. The van der Waals surface area contributed by atoms with Crippen molar-refractivity contribution in [1.82, 2.24) is 9.78 Å². The van der Waals surface area contributed by atoms with E-state index in [1.54, 1.807) is 0 Å². The van der Waals surface area contributed by atoms with Crippen molar-refractivity contribution in [3.05, 3.63) is 16.4 Å². The summed E-state index contributed by atoms with van der Waals surface area (Å²) in [5.74, 6) is 1.52. The van der Waals surface area contributed by atoms with Crippen molar-refractivity contribution in [3.8, 4) is 0 Å². The van der Waals surface area contributed by atoms with Crippen LogP contribution < -0.4 is 5.73 Å². The lowest BCUT2D eigenvalue weighted by Crippen LogP contribution is -2.35. The average molecular weight is 284 g/mol. The molecule has 4 heteroatoms. The van der Waals surface area contributed by atoms with Crippen molar-refractivity contribution in [1.29, 1.82) is 0 Å². The van der Waals surface area contributed by atoms with E-state index in [9.17, 15) is 0 Å². The molecule has 1 aliphatic carbocycles. The van der Waals surface area contributed by atoms with Gasteiger partial charge in [0.2, 0.25) is 0 Å². The molecule has 0 spiro atoms. The van der Waals surface area contributed by atoms with Gasteiger partial charge in [-0.2, -0.15) is 5.10 Å². The van der Waals surface area contributed by atoms with Gasteiger partial charge in [-0.3, -0.25) is 4.68 Å². The summed E-state index contributed by atoms with van der Waals surface area (Å²) in [4.78, 5) is 0. The number of rotatable bonds is 4. The molecule has 0 saturated heterocycles. The predicted octanol–water partition coefficient (Wildman–Crippen LogP) is 3.33. The van der Waals surface area contributed by atoms with Crippen molar-refractivity contribution in [2.75, 3.05) is 0 Å². The molecule has 19 heavy (non-hydrogen) atoms. The second kappa shape index (κ2) is 6.27. The zero-order chi connectivity index (χ0) is 14.0. The van der Waals surface area contributed by atoms with Crippen LogP contribution in [0, 0.1) is 11.8 Å². The first kappa shape index (κ1) is 14.9. The molecule has 1 fully saturated rings. The van der Waals surface area contributed by atoms with Gasteiger partial charge in [0.1, 0.15) is 0 Å². The van der Waals surface area contributed by atoms with Gasteiger partial charge in [0.05, 0.1) is 16.4 Å². The third-order valence-corrected chi connectivity index (χ3v) is 5.03. The Hall–Kier alpha value is -0.540. The molecule has 3 nitrogen and oxygen atoms in total. The lowest BCUT2D eigenvalue weighted by atomic mass is 9.78. The van der Waals surface area contributed by atoms with Crippen molar-refractivity contribution < 1.29 is 0 Å². The maximum Gasteiger partial charge on any atom is 0.0850 e. The Morgan fingerprint density at radius 1 is 1.37 bits per heavy atom. The van der Waals surface area contributed by atoms with E-state index < -0.39 is 0 Å². The molecule has 1 aromatic heterocycles. The van der Waals surface area contributed by atoms with Crippen LogP contribution in [-0.2, 0) is 19.9 Å². The molecule has 1 heterocycles. The van der Waals surface area contributed by atoms with Crippen LogP contribution in [0.25, 0.3) is 0 Å². The van der Waals surface area contributed by atoms with Crippen LogP contribution in [0.2, 0.25) is 5.02 Å². The van der Waals surface area contributed by atoms with Crippen LogP contribution in [0.15, 0.2) is 0 Å². The minimum atomic E-state index is 0.213. The van der Waals surface area contributed by atoms with Crippen molar-refractivity contribution >= 4 is 11.6 Å². The van der Waals surface area contributed by atoms with Gasteiger partial charge in [0.25, 0.3) is 0 Å². The third-order valence-electron chi connectivity index (χ3n) is 4.60. The Kier molecular flexibility index (Phi) is 4.91. The summed E-state index contributed by atoms with van der Waals surface area (Å²) >= 11 is 6.40. The summed E-state index contributed by atoms with van der Waals surface area (Å²) in [6.07, 6.45) is 6.89. The van der Waals surface area contributed by atoms with Crippen LogP contribution in [0.3, 0.4) is 0 Å². The number of hydrogen-bond donors (Lipinski definition) is 1. The van der Waals surface area contributed by atoms with E-state index in [0.717, 1.165) is 35.2 Å². The predicted molar refractivity (Wildman–Crippen MR) is 80.4 cm³/mol. The quantitative estimate of drug-likeness (QED) is 0.921. The highest BCUT2D eigenvalue weighted by Crippen LogP contribution is 2.32. The lowest BCUT2D eigenvalue weighted by molar-refractivity contribution is 0.252. The number of aromatic nitrogens is 2. The van der Waals surface area contributed by atoms with E-state index in [2.05, 4.69) is 18.9 Å². The van der Waals surface area contributed by atoms with E-state index in [4.69, 9.17) is 17.3 Å². The molecule has 0 radical (unpaired) electrons. The van der Waals surface area contributed by atoms with Crippen molar-refractivity contribution in [2.45, 2.75) is 58.4 Å². The Balaban J connectivity index is 2.02. The normalized spacial score (nSPS) is 25.5. The van der Waals surface area contributed by atoms with Gasteiger partial charge in [-0.05, 0) is 31.1 Å². The zero-order valence-corrected chi connectivity index (χ0v) is 13.1. The Morgan fingerprint density at radius 2 is 2.00 bits per heavy atom. The second-order valence-corrected chi connectivity index (χ2v) is 6.45. The highest BCUT2D eigenvalue weighted by Gasteiger charge is 2.25. The smallest absolute Gasteiger partial charge is 0.0850 e. The summed E-state index contributed by atoms with van der Waals surface area (Å²) in [6.45, 7) is 4.42. The van der Waals surface area contributed by atoms with Crippen molar-refractivity contribution in [3.63, 3.8) is 0 Å². The SMILES string of the molecule is CCc1nn(C)c(CC(N)C2CCC(C)CC2)c1Cl. The van der Waals surface area contributed by atoms with Gasteiger partial charge in [0.15, 0.2) is 0 Å². The van der Waals surface area contributed by atoms with Crippen LogP contribution in [0.5, 0.6) is 0 Å². The van der Waals surface area contributed by atoms with Gasteiger partial charge >= 0.3 is 0 Å². The molecule has 0 bridgehead atoms. The summed E-state index contributed by atoms with van der Waals surface area (Å²) < 4.78 is 1.91. The van der Waals surface area contributed by atoms with E-state index in [1.165, 1.54) is 25.7 Å². The molecule has 2 N–H and O–H groups in total. The number of halogens is 1. The fraction of sp³-hybridized carbons (Fsp3) is 0.800. The molecule has 1 aromatic rings. The summed E-state index contributed by atoms with van der Waals surface area (Å²) in [5.41, 5.74) is 8.51. The van der Waals surface area contributed by atoms with Crippen molar-refractivity contribution in [2.24, 2.45) is 24.6 Å². The lowest BCUT2D eigenvalue weighted by Gasteiger charge is -2.30. The van der Waals surface area contributed by atoms with Crippen LogP contribution in [0.4, 0.5) is 0 Å². The van der Waals surface area contributed by atoms with Gasteiger partial charge in [0, 0.05) is 19.5 Å². The first-order valence-electron chi connectivity index (χ1n) is 7.48. The highest BCUT2D eigenvalue weighted by molar-refractivity contribution is 6.31. The largest absolute Gasteiger partial charge is 0.327 e. The maximum absolute atomic E-state index is 6.41. The van der Waals surface area contributed by atoms with E-state index >= 15 is 0 Å². The first-order chi connectivity index (χ1) is 9.02. The van der Waals surface area contributed by atoms with E-state index in [0.29, 0.717) is 5.92 Å². The summed E-state index contributed by atoms with van der Waals surface area (Å²) in [6, 6.07) is 0.213. The van der Waals surface area contributed by atoms with Gasteiger partial charge in [-0.1, -0.05) is 38.3 Å². The Labute approximate surface area is 121 Å². The fourth-order valence-electron chi connectivity index (χ4n) is 3.15. The first-order valence-corrected chi connectivity index (χ1v) is 7.86. The second-order valence-electron chi connectivity index (χ2n) is 6.07. The van der Waals surface area contributed by atoms with Gasteiger partial charge < -0.3 is 5.73 Å². The average Bonchev–Trinajstić information content (AvgIpc) is 2.67. The molecule has 108 valence electrons. The topological polar surface area (TPSA) is 43.8 Å². The number of nitrogens with two attached hydrogens (primary N) is 1. The molecule has 0 amide bonds. The highest BCUT2D eigenvalue weighted by atomic mass is 35.5. The Morgan fingerprint density at radius 3 is 2.53 bits per heavy atom. The molecule has 0 aromatic carbocycles.